The Morgan fingerprint density at radius 2 is 2.00 bits per heavy atom. The maximum Gasteiger partial charge on any atom is 0.247 e. The molecule has 0 aliphatic carbocycles. The van der Waals surface area contributed by atoms with Crippen molar-refractivity contribution < 1.29 is 18.0 Å². The van der Waals surface area contributed by atoms with E-state index in [4.69, 9.17) is 11.6 Å². The number of nitrogens with one attached hydrogen (secondary N) is 1. The lowest BCUT2D eigenvalue weighted by atomic mass is 9.86. The topological polar surface area (TPSA) is 86.8 Å². The normalized spacial score (nSPS) is 20.7. The Kier molecular flexibility index (Phi) is 4.78. The first-order valence-corrected chi connectivity index (χ1v) is 10.2. The highest BCUT2D eigenvalue weighted by Gasteiger charge is 2.52. The Balaban J connectivity index is 1.77. The van der Waals surface area contributed by atoms with E-state index in [1.165, 1.54) is 4.31 Å². The van der Waals surface area contributed by atoms with Gasteiger partial charge in [-0.05, 0) is 30.5 Å². The molecule has 2 aliphatic heterocycles. The van der Waals surface area contributed by atoms with Gasteiger partial charge in [-0.15, -0.1) is 0 Å². The third kappa shape index (κ3) is 3.51. The van der Waals surface area contributed by atoms with Crippen molar-refractivity contribution >= 4 is 33.4 Å². The van der Waals surface area contributed by atoms with Crippen LogP contribution in [-0.4, -0.2) is 61.0 Å². The Morgan fingerprint density at radius 3 is 2.60 bits per heavy atom. The van der Waals surface area contributed by atoms with Crippen molar-refractivity contribution in [3.8, 4) is 0 Å². The number of hydrogen-bond acceptors (Lipinski definition) is 4. The van der Waals surface area contributed by atoms with Gasteiger partial charge in [0, 0.05) is 18.1 Å². The van der Waals surface area contributed by atoms with E-state index in [9.17, 15) is 18.0 Å². The number of nitrogens with zero attached hydrogens (tertiary/aromatic N) is 2. The number of piperidine rings is 1. The minimum Gasteiger partial charge on any atom is -0.336 e. The van der Waals surface area contributed by atoms with E-state index in [0.717, 1.165) is 11.8 Å². The van der Waals surface area contributed by atoms with Crippen LogP contribution < -0.4 is 5.32 Å². The molecule has 1 N–H and O–H groups in total. The molecule has 2 saturated heterocycles. The van der Waals surface area contributed by atoms with Crippen LogP contribution in [0.5, 0.6) is 0 Å². The molecule has 0 aromatic heterocycles. The lowest BCUT2D eigenvalue weighted by molar-refractivity contribution is -0.142. The van der Waals surface area contributed by atoms with Gasteiger partial charge >= 0.3 is 0 Å². The van der Waals surface area contributed by atoms with Gasteiger partial charge in [0.25, 0.3) is 0 Å². The standard InChI is InChI=1S/C16H20ClN3O4S/c1-25(23,24)19-7-5-16(6-8-19)15(22)18-11-20(16)14(21)10-12-3-2-4-13(17)9-12/h2-4,9H,5-8,10-11H2,1H3,(H,18,22). The van der Waals surface area contributed by atoms with Crippen LogP contribution in [0.1, 0.15) is 18.4 Å². The van der Waals surface area contributed by atoms with E-state index < -0.39 is 15.6 Å². The first-order valence-electron chi connectivity index (χ1n) is 8.01. The predicted molar refractivity (Wildman–Crippen MR) is 93.4 cm³/mol. The van der Waals surface area contributed by atoms with Crippen LogP contribution in [0.25, 0.3) is 0 Å². The number of amides is 2. The Hall–Kier alpha value is -1.64. The van der Waals surface area contributed by atoms with Gasteiger partial charge in [0.05, 0.1) is 19.3 Å². The molecule has 2 fully saturated rings. The molecule has 2 aliphatic rings. The Bertz CT molecular complexity index is 803. The first-order chi connectivity index (χ1) is 11.7. The van der Waals surface area contributed by atoms with Crippen molar-refractivity contribution in [2.24, 2.45) is 0 Å². The van der Waals surface area contributed by atoms with Gasteiger partial charge in [0.1, 0.15) is 5.54 Å². The summed E-state index contributed by atoms with van der Waals surface area (Å²) in [7, 11) is -3.30. The number of hydrogen-bond donors (Lipinski definition) is 1. The molecule has 25 heavy (non-hydrogen) atoms. The van der Waals surface area contributed by atoms with Crippen LogP contribution in [0.3, 0.4) is 0 Å². The van der Waals surface area contributed by atoms with Crippen LogP contribution in [0.15, 0.2) is 24.3 Å². The second-order valence-corrected chi connectivity index (χ2v) is 8.90. The molecule has 0 saturated carbocycles. The summed E-state index contributed by atoms with van der Waals surface area (Å²) in [6.07, 6.45) is 1.90. The SMILES string of the molecule is CS(=O)(=O)N1CCC2(CC1)C(=O)NCN2C(=O)Cc1cccc(Cl)c1. The molecule has 1 spiro atoms. The summed E-state index contributed by atoms with van der Waals surface area (Å²) in [6, 6.07) is 7.05. The summed E-state index contributed by atoms with van der Waals surface area (Å²) in [5.41, 5.74) is -0.183. The van der Waals surface area contributed by atoms with E-state index >= 15 is 0 Å². The molecule has 0 bridgehead atoms. The second-order valence-electron chi connectivity index (χ2n) is 6.49. The minimum atomic E-state index is -3.30. The number of sulfonamides is 1. The van der Waals surface area contributed by atoms with E-state index in [-0.39, 0.29) is 38.0 Å². The fourth-order valence-electron chi connectivity index (χ4n) is 3.52. The van der Waals surface area contributed by atoms with Crippen molar-refractivity contribution in [1.82, 2.24) is 14.5 Å². The van der Waals surface area contributed by atoms with Crippen LogP contribution in [-0.2, 0) is 26.0 Å². The predicted octanol–water partition coefficient (Wildman–Crippen LogP) is 0.593. The number of halogens is 1. The van der Waals surface area contributed by atoms with Crippen LogP contribution in [0.2, 0.25) is 5.02 Å². The highest BCUT2D eigenvalue weighted by molar-refractivity contribution is 7.88. The smallest absolute Gasteiger partial charge is 0.247 e. The van der Waals surface area contributed by atoms with Crippen molar-refractivity contribution in [3.63, 3.8) is 0 Å². The van der Waals surface area contributed by atoms with Crippen molar-refractivity contribution in [1.29, 1.82) is 0 Å². The average Bonchev–Trinajstić information content (AvgIpc) is 2.84. The van der Waals surface area contributed by atoms with E-state index in [0.29, 0.717) is 17.9 Å². The van der Waals surface area contributed by atoms with Gasteiger partial charge in [-0.1, -0.05) is 23.7 Å². The van der Waals surface area contributed by atoms with Crippen LogP contribution >= 0.6 is 11.6 Å². The largest absolute Gasteiger partial charge is 0.336 e. The molecule has 2 heterocycles. The second kappa shape index (κ2) is 6.59. The molecule has 0 unspecified atom stereocenters. The number of rotatable bonds is 3. The molecule has 1 aromatic rings. The summed E-state index contributed by atoms with van der Waals surface area (Å²) in [6.45, 7) is 0.609. The zero-order valence-corrected chi connectivity index (χ0v) is 15.4. The molecule has 136 valence electrons. The van der Waals surface area contributed by atoms with Gasteiger partial charge in [-0.2, -0.15) is 0 Å². The molecule has 0 radical (unpaired) electrons. The Morgan fingerprint density at radius 1 is 1.32 bits per heavy atom. The van der Waals surface area contributed by atoms with Crippen molar-refractivity contribution in [3.05, 3.63) is 34.9 Å². The fraction of sp³-hybridized carbons (Fsp3) is 0.500. The highest BCUT2D eigenvalue weighted by Crippen LogP contribution is 2.33. The monoisotopic (exact) mass is 385 g/mol. The number of carbonyl (C=O) groups excluding carboxylic acids is 2. The Labute approximate surface area is 152 Å². The molecule has 9 heteroatoms. The molecule has 0 atom stereocenters. The summed E-state index contributed by atoms with van der Waals surface area (Å²) in [5, 5.41) is 3.29. The third-order valence-corrected chi connectivity index (χ3v) is 6.44. The van der Waals surface area contributed by atoms with Gasteiger partial charge in [-0.3, -0.25) is 9.59 Å². The molecular weight excluding hydrogens is 366 g/mol. The van der Waals surface area contributed by atoms with E-state index in [1.54, 1.807) is 23.1 Å². The number of carbonyl (C=O) groups is 2. The summed E-state index contributed by atoms with van der Waals surface area (Å²) in [5.74, 6) is -0.381. The maximum absolute atomic E-state index is 12.8. The molecule has 1 aromatic carbocycles. The van der Waals surface area contributed by atoms with Crippen LogP contribution in [0, 0.1) is 0 Å². The van der Waals surface area contributed by atoms with E-state index in [1.807, 2.05) is 6.07 Å². The lowest BCUT2D eigenvalue weighted by Crippen LogP contribution is -2.58. The van der Waals surface area contributed by atoms with Crippen molar-refractivity contribution in [2.75, 3.05) is 26.0 Å². The van der Waals surface area contributed by atoms with Gasteiger partial charge in [0.15, 0.2) is 0 Å². The lowest BCUT2D eigenvalue weighted by Gasteiger charge is -2.41. The molecule has 2 amide bonds. The maximum atomic E-state index is 12.8. The summed E-state index contributed by atoms with van der Waals surface area (Å²) < 4.78 is 24.7. The van der Waals surface area contributed by atoms with Gasteiger partial charge < -0.3 is 10.2 Å². The number of benzene rings is 1. The van der Waals surface area contributed by atoms with E-state index in [2.05, 4.69) is 5.32 Å². The zero-order valence-electron chi connectivity index (χ0n) is 13.9. The molecular formula is C16H20ClN3O4S. The summed E-state index contributed by atoms with van der Waals surface area (Å²) >= 11 is 5.96. The summed E-state index contributed by atoms with van der Waals surface area (Å²) in [4.78, 5) is 26.8. The van der Waals surface area contributed by atoms with Gasteiger partial charge in [0.2, 0.25) is 21.8 Å². The first kappa shape index (κ1) is 18.2. The van der Waals surface area contributed by atoms with Crippen LogP contribution in [0.4, 0.5) is 0 Å². The third-order valence-electron chi connectivity index (χ3n) is 4.90. The highest BCUT2D eigenvalue weighted by atomic mass is 35.5. The molecule has 3 rings (SSSR count). The average molecular weight is 386 g/mol. The molecule has 7 nitrogen and oxygen atoms in total. The minimum absolute atomic E-state index is 0.146. The van der Waals surface area contributed by atoms with Crippen molar-refractivity contribution in [2.45, 2.75) is 24.8 Å². The quantitative estimate of drug-likeness (QED) is 0.825. The zero-order chi connectivity index (χ0) is 18.2. The fourth-order valence-corrected chi connectivity index (χ4v) is 4.58. The van der Waals surface area contributed by atoms with Gasteiger partial charge in [-0.25, -0.2) is 12.7 Å².